The first kappa shape index (κ1) is 17.1. The summed E-state index contributed by atoms with van der Waals surface area (Å²) >= 11 is 5.90. The van der Waals surface area contributed by atoms with Crippen molar-refractivity contribution in [2.24, 2.45) is 0 Å². The Labute approximate surface area is 158 Å². The molecule has 0 N–H and O–H groups in total. The molecular weight excluding hydrogens is 350 g/mol. The first-order chi connectivity index (χ1) is 12.7. The molecule has 2 aliphatic rings. The van der Waals surface area contributed by atoms with Crippen LogP contribution in [0.2, 0.25) is 5.02 Å². The molecule has 0 atom stereocenters. The monoisotopic (exact) mass is 371 g/mol. The van der Waals surface area contributed by atoms with Crippen molar-refractivity contribution < 1.29 is 4.79 Å². The molecule has 2 fully saturated rings. The van der Waals surface area contributed by atoms with E-state index >= 15 is 0 Å². The summed E-state index contributed by atoms with van der Waals surface area (Å²) in [5.74, 6) is 2.01. The molecule has 0 radical (unpaired) electrons. The third-order valence-corrected chi connectivity index (χ3v) is 5.30. The van der Waals surface area contributed by atoms with Crippen molar-refractivity contribution in [2.45, 2.75) is 12.8 Å². The maximum Gasteiger partial charge on any atom is 0.253 e. The molecular formula is C19H22ClN5O. The number of nitrogens with zero attached hydrogens (tertiary/aromatic N) is 5. The Morgan fingerprint density at radius 3 is 2.04 bits per heavy atom. The molecule has 4 rings (SSSR count). The molecule has 0 spiro atoms. The maximum absolute atomic E-state index is 12.6. The number of rotatable bonds is 3. The second-order valence-electron chi connectivity index (χ2n) is 6.71. The normalized spacial score (nSPS) is 17.7. The van der Waals surface area contributed by atoms with Gasteiger partial charge in [0.1, 0.15) is 18.0 Å². The molecule has 1 amide bonds. The van der Waals surface area contributed by atoms with Crippen molar-refractivity contribution >= 4 is 29.1 Å². The van der Waals surface area contributed by atoms with Gasteiger partial charge in [0.15, 0.2) is 0 Å². The first-order valence-corrected chi connectivity index (χ1v) is 9.45. The maximum atomic E-state index is 12.6. The number of hydrogen-bond donors (Lipinski definition) is 0. The van der Waals surface area contributed by atoms with Crippen LogP contribution in [0.3, 0.4) is 0 Å². The van der Waals surface area contributed by atoms with Crippen LogP contribution in [0.25, 0.3) is 0 Å². The number of amides is 1. The zero-order chi connectivity index (χ0) is 17.9. The number of benzene rings is 1. The Morgan fingerprint density at radius 1 is 0.846 bits per heavy atom. The largest absolute Gasteiger partial charge is 0.356 e. The fourth-order valence-electron chi connectivity index (χ4n) is 3.54. The molecule has 0 unspecified atom stereocenters. The van der Waals surface area contributed by atoms with Crippen LogP contribution in [-0.4, -0.2) is 60.0 Å². The third-order valence-electron chi connectivity index (χ3n) is 5.05. The fraction of sp³-hybridized carbons (Fsp3) is 0.421. The standard InChI is InChI=1S/C19H22ClN5O/c20-16-5-3-15(4-6-16)19(26)25-11-9-24(10-12-25)18-13-17(21-14-22-18)23-7-1-2-8-23/h3-6,13-14H,1-2,7-12H2. The Bertz CT molecular complexity index is 768. The zero-order valence-electron chi connectivity index (χ0n) is 14.6. The number of halogens is 1. The van der Waals surface area contributed by atoms with Crippen LogP contribution < -0.4 is 9.80 Å². The van der Waals surface area contributed by atoms with Crippen LogP contribution in [0, 0.1) is 0 Å². The van der Waals surface area contributed by atoms with Crippen LogP contribution in [-0.2, 0) is 0 Å². The zero-order valence-corrected chi connectivity index (χ0v) is 15.4. The minimum absolute atomic E-state index is 0.0572. The number of carbonyl (C=O) groups is 1. The Kier molecular flexibility index (Phi) is 4.93. The molecule has 0 saturated carbocycles. The van der Waals surface area contributed by atoms with Crippen LogP contribution in [0.5, 0.6) is 0 Å². The second kappa shape index (κ2) is 7.50. The summed E-state index contributed by atoms with van der Waals surface area (Å²) in [4.78, 5) is 27.9. The first-order valence-electron chi connectivity index (χ1n) is 9.07. The summed E-state index contributed by atoms with van der Waals surface area (Å²) in [6, 6.07) is 9.15. The van der Waals surface area contributed by atoms with E-state index in [1.54, 1.807) is 30.6 Å². The summed E-state index contributed by atoms with van der Waals surface area (Å²) in [5, 5.41) is 0.643. The highest BCUT2D eigenvalue weighted by Crippen LogP contribution is 2.22. The predicted octanol–water partition coefficient (Wildman–Crippen LogP) is 2.69. The highest BCUT2D eigenvalue weighted by molar-refractivity contribution is 6.30. The summed E-state index contributed by atoms with van der Waals surface area (Å²) in [7, 11) is 0. The van der Waals surface area contributed by atoms with Gasteiger partial charge in [0, 0.05) is 55.9 Å². The molecule has 2 saturated heterocycles. The number of hydrogen-bond acceptors (Lipinski definition) is 5. The van der Waals surface area contributed by atoms with Gasteiger partial charge in [-0.3, -0.25) is 4.79 Å². The molecule has 1 aromatic carbocycles. The highest BCUT2D eigenvalue weighted by atomic mass is 35.5. The molecule has 2 aliphatic heterocycles. The van der Waals surface area contributed by atoms with Gasteiger partial charge in [0.25, 0.3) is 5.91 Å². The van der Waals surface area contributed by atoms with Gasteiger partial charge in [-0.2, -0.15) is 0 Å². The van der Waals surface area contributed by atoms with Crippen LogP contribution in [0.15, 0.2) is 36.7 Å². The topological polar surface area (TPSA) is 52.6 Å². The van der Waals surface area contributed by atoms with Gasteiger partial charge in [0.05, 0.1) is 0 Å². The SMILES string of the molecule is O=C(c1ccc(Cl)cc1)N1CCN(c2cc(N3CCCC3)ncn2)CC1. The van der Waals surface area contributed by atoms with Crippen LogP contribution >= 0.6 is 11.6 Å². The van der Waals surface area contributed by atoms with Crippen molar-refractivity contribution in [1.82, 2.24) is 14.9 Å². The van der Waals surface area contributed by atoms with E-state index in [1.807, 2.05) is 4.90 Å². The van der Waals surface area contributed by atoms with Crippen molar-refractivity contribution in [2.75, 3.05) is 49.1 Å². The van der Waals surface area contributed by atoms with Gasteiger partial charge in [-0.25, -0.2) is 9.97 Å². The highest BCUT2D eigenvalue weighted by Gasteiger charge is 2.23. The average molecular weight is 372 g/mol. The minimum Gasteiger partial charge on any atom is -0.356 e. The predicted molar refractivity (Wildman–Crippen MR) is 103 cm³/mol. The average Bonchev–Trinajstić information content (AvgIpc) is 3.23. The number of anilines is 2. The van der Waals surface area contributed by atoms with Crippen molar-refractivity contribution in [3.63, 3.8) is 0 Å². The Hall–Kier alpha value is -2.34. The van der Waals surface area contributed by atoms with Gasteiger partial charge in [-0.05, 0) is 37.1 Å². The van der Waals surface area contributed by atoms with E-state index < -0.39 is 0 Å². The number of aromatic nitrogens is 2. The van der Waals surface area contributed by atoms with E-state index in [0.29, 0.717) is 23.7 Å². The Balaban J connectivity index is 1.39. The molecule has 3 heterocycles. The lowest BCUT2D eigenvalue weighted by Gasteiger charge is -2.35. The minimum atomic E-state index is 0.0572. The molecule has 136 valence electrons. The summed E-state index contributed by atoms with van der Waals surface area (Å²) < 4.78 is 0. The van der Waals surface area contributed by atoms with Gasteiger partial charge >= 0.3 is 0 Å². The fourth-order valence-corrected chi connectivity index (χ4v) is 3.67. The van der Waals surface area contributed by atoms with Gasteiger partial charge in [-0.1, -0.05) is 11.6 Å². The van der Waals surface area contributed by atoms with E-state index in [-0.39, 0.29) is 5.91 Å². The molecule has 1 aromatic heterocycles. The van der Waals surface area contributed by atoms with E-state index in [1.165, 1.54) is 12.8 Å². The Morgan fingerprint density at radius 2 is 1.42 bits per heavy atom. The molecule has 7 heteroatoms. The number of piperazine rings is 1. The van der Waals surface area contributed by atoms with Gasteiger partial charge in [0.2, 0.25) is 0 Å². The molecule has 26 heavy (non-hydrogen) atoms. The van der Waals surface area contributed by atoms with E-state index in [2.05, 4.69) is 25.8 Å². The lowest BCUT2D eigenvalue weighted by atomic mass is 10.2. The van der Waals surface area contributed by atoms with Gasteiger partial charge in [-0.15, -0.1) is 0 Å². The molecule has 2 aromatic rings. The van der Waals surface area contributed by atoms with E-state index in [9.17, 15) is 4.79 Å². The van der Waals surface area contributed by atoms with Crippen molar-refractivity contribution in [1.29, 1.82) is 0 Å². The smallest absolute Gasteiger partial charge is 0.253 e. The van der Waals surface area contributed by atoms with Crippen LogP contribution in [0.4, 0.5) is 11.6 Å². The summed E-state index contributed by atoms with van der Waals surface area (Å²) in [6.45, 7) is 5.06. The lowest BCUT2D eigenvalue weighted by Crippen LogP contribution is -2.49. The number of carbonyl (C=O) groups excluding carboxylic acids is 1. The summed E-state index contributed by atoms with van der Waals surface area (Å²) in [5.41, 5.74) is 0.682. The lowest BCUT2D eigenvalue weighted by molar-refractivity contribution is 0.0746. The van der Waals surface area contributed by atoms with Crippen LogP contribution in [0.1, 0.15) is 23.2 Å². The second-order valence-corrected chi connectivity index (χ2v) is 7.15. The van der Waals surface area contributed by atoms with Gasteiger partial charge < -0.3 is 14.7 Å². The molecule has 0 aliphatic carbocycles. The molecule has 6 nitrogen and oxygen atoms in total. The quantitative estimate of drug-likeness (QED) is 0.830. The van der Waals surface area contributed by atoms with Crippen molar-refractivity contribution in [3.8, 4) is 0 Å². The van der Waals surface area contributed by atoms with E-state index in [4.69, 9.17) is 11.6 Å². The third kappa shape index (κ3) is 3.60. The van der Waals surface area contributed by atoms with Crippen molar-refractivity contribution in [3.05, 3.63) is 47.2 Å². The molecule has 0 bridgehead atoms. The van der Waals surface area contributed by atoms with E-state index in [0.717, 1.165) is 37.8 Å². The summed E-state index contributed by atoms with van der Waals surface area (Å²) in [6.07, 6.45) is 4.10.